The summed E-state index contributed by atoms with van der Waals surface area (Å²) < 4.78 is 0. The molecule has 1 amide bonds. The van der Waals surface area contributed by atoms with E-state index in [1.807, 2.05) is 18.2 Å². The third-order valence-corrected chi connectivity index (χ3v) is 4.23. The van der Waals surface area contributed by atoms with Crippen LogP contribution in [0.2, 0.25) is 5.02 Å². The molecule has 1 aliphatic rings. The van der Waals surface area contributed by atoms with Crippen LogP contribution in [-0.2, 0) is 4.79 Å². The van der Waals surface area contributed by atoms with Gasteiger partial charge in [0.15, 0.2) is 0 Å². The van der Waals surface area contributed by atoms with Crippen molar-refractivity contribution in [2.24, 2.45) is 5.92 Å². The molecule has 4 nitrogen and oxygen atoms in total. The molecule has 1 aromatic carbocycles. The van der Waals surface area contributed by atoms with Crippen LogP contribution < -0.4 is 10.6 Å². The number of hydrogen-bond acceptors (Lipinski definition) is 3. The van der Waals surface area contributed by atoms with Crippen LogP contribution in [0.25, 0.3) is 10.9 Å². The summed E-state index contributed by atoms with van der Waals surface area (Å²) in [5.41, 5.74) is 1.50. The second-order valence-electron chi connectivity index (χ2n) is 5.44. The van der Waals surface area contributed by atoms with Crippen LogP contribution in [-0.4, -0.2) is 24.0 Å². The molecule has 0 aliphatic carbocycles. The Kier molecular flexibility index (Phi) is 4.36. The molecule has 0 unspecified atom stereocenters. The Balaban J connectivity index is 1.75. The Hall–Kier alpha value is -1.65. The molecular formula is C16H18ClN3O. The van der Waals surface area contributed by atoms with Crippen LogP contribution in [0, 0.1) is 5.92 Å². The van der Waals surface area contributed by atoms with E-state index in [0.717, 1.165) is 42.5 Å². The zero-order chi connectivity index (χ0) is 14.7. The van der Waals surface area contributed by atoms with Crippen molar-refractivity contribution in [1.29, 1.82) is 0 Å². The van der Waals surface area contributed by atoms with E-state index in [0.29, 0.717) is 17.4 Å². The topological polar surface area (TPSA) is 54.0 Å². The molecule has 1 aromatic heterocycles. The normalized spacial score (nSPS) is 16.0. The number of carbonyl (C=O) groups excluding carboxylic acids is 1. The maximum Gasteiger partial charge on any atom is 0.224 e. The molecule has 5 heteroatoms. The van der Waals surface area contributed by atoms with Gasteiger partial charge in [0.2, 0.25) is 5.91 Å². The smallest absolute Gasteiger partial charge is 0.224 e. The number of hydrogen-bond donors (Lipinski definition) is 2. The Morgan fingerprint density at radius 2 is 2.14 bits per heavy atom. The molecule has 1 fully saturated rings. The maximum absolute atomic E-state index is 12.2. The van der Waals surface area contributed by atoms with Gasteiger partial charge in [-0.15, -0.1) is 0 Å². The predicted octanol–water partition coefficient (Wildman–Crippen LogP) is 3.22. The number of piperidine rings is 1. The first-order valence-corrected chi connectivity index (χ1v) is 7.65. The van der Waals surface area contributed by atoms with Gasteiger partial charge in [0, 0.05) is 18.0 Å². The van der Waals surface area contributed by atoms with E-state index in [1.54, 1.807) is 12.3 Å². The van der Waals surface area contributed by atoms with Crippen molar-refractivity contribution < 1.29 is 4.79 Å². The zero-order valence-corrected chi connectivity index (χ0v) is 12.5. The van der Waals surface area contributed by atoms with Gasteiger partial charge in [-0.1, -0.05) is 11.6 Å². The standard InChI is InChI=1S/C16H18ClN3O/c17-13-3-4-14(12-2-1-7-19-16(12)13)20-15(21)10-11-5-8-18-9-6-11/h1-4,7,11,18H,5-6,8-10H2,(H,20,21). The second-order valence-corrected chi connectivity index (χ2v) is 5.85. The molecule has 2 heterocycles. The fraction of sp³-hybridized carbons (Fsp3) is 0.375. The first-order chi connectivity index (χ1) is 10.2. The van der Waals surface area contributed by atoms with E-state index in [4.69, 9.17) is 11.6 Å². The lowest BCUT2D eigenvalue weighted by atomic mass is 9.94. The molecule has 0 saturated carbocycles. The monoisotopic (exact) mass is 303 g/mol. The van der Waals surface area contributed by atoms with Crippen molar-refractivity contribution in [3.05, 3.63) is 35.5 Å². The lowest BCUT2D eigenvalue weighted by Crippen LogP contribution is -2.30. The summed E-state index contributed by atoms with van der Waals surface area (Å²) in [5.74, 6) is 0.539. The summed E-state index contributed by atoms with van der Waals surface area (Å²) >= 11 is 6.14. The Morgan fingerprint density at radius 1 is 1.33 bits per heavy atom. The number of nitrogens with one attached hydrogen (secondary N) is 2. The molecule has 0 spiro atoms. The first-order valence-electron chi connectivity index (χ1n) is 7.28. The number of anilines is 1. The number of rotatable bonds is 3. The van der Waals surface area contributed by atoms with Gasteiger partial charge in [-0.2, -0.15) is 0 Å². The van der Waals surface area contributed by atoms with Gasteiger partial charge in [0.25, 0.3) is 0 Å². The lowest BCUT2D eigenvalue weighted by molar-refractivity contribution is -0.117. The molecule has 0 atom stereocenters. The van der Waals surface area contributed by atoms with Gasteiger partial charge in [0.05, 0.1) is 16.2 Å². The highest BCUT2D eigenvalue weighted by Gasteiger charge is 2.17. The maximum atomic E-state index is 12.2. The van der Waals surface area contributed by atoms with Crippen molar-refractivity contribution in [3.8, 4) is 0 Å². The minimum atomic E-state index is 0.0642. The molecule has 110 valence electrons. The van der Waals surface area contributed by atoms with Gasteiger partial charge in [-0.3, -0.25) is 9.78 Å². The van der Waals surface area contributed by atoms with Crippen LogP contribution in [0.15, 0.2) is 30.5 Å². The van der Waals surface area contributed by atoms with Crippen molar-refractivity contribution in [2.45, 2.75) is 19.3 Å². The largest absolute Gasteiger partial charge is 0.325 e. The lowest BCUT2D eigenvalue weighted by Gasteiger charge is -2.22. The van der Waals surface area contributed by atoms with E-state index in [-0.39, 0.29) is 5.91 Å². The van der Waals surface area contributed by atoms with E-state index < -0.39 is 0 Å². The highest BCUT2D eigenvalue weighted by molar-refractivity contribution is 6.35. The van der Waals surface area contributed by atoms with Crippen LogP contribution in [0.4, 0.5) is 5.69 Å². The molecule has 2 N–H and O–H groups in total. The van der Waals surface area contributed by atoms with E-state index >= 15 is 0 Å². The minimum Gasteiger partial charge on any atom is -0.325 e. The van der Waals surface area contributed by atoms with Gasteiger partial charge in [0.1, 0.15) is 0 Å². The van der Waals surface area contributed by atoms with Crippen molar-refractivity contribution >= 4 is 34.1 Å². The molecule has 21 heavy (non-hydrogen) atoms. The first kappa shape index (κ1) is 14.3. The Bertz CT molecular complexity index is 653. The van der Waals surface area contributed by atoms with Gasteiger partial charge < -0.3 is 10.6 Å². The SMILES string of the molecule is O=C(CC1CCNCC1)Nc1ccc(Cl)c2ncccc12. The number of benzene rings is 1. The molecule has 0 bridgehead atoms. The molecule has 0 radical (unpaired) electrons. The van der Waals surface area contributed by atoms with Crippen LogP contribution >= 0.6 is 11.6 Å². The second kappa shape index (κ2) is 6.41. The summed E-state index contributed by atoms with van der Waals surface area (Å²) in [5, 5.41) is 7.79. The Labute approximate surface area is 128 Å². The summed E-state index contributed by atoms with van der Waals surface area (Å²) in [7, 11) is 0. The number of carbonyl (C=O) groups is 1. The highest BCUT2D eigenvalue weighted by atomic mass is 35.5. The fourth-order valence-electron chi connectivity index (χ4n) is 2.80. The average Bonchev–Trinajstić information content (AvgIpc) is 2.51. The number of aromatic nitrogens is 1. The summed E-state index contributed by atoms with van der Waals surface area (Å²) in [6.07, 6.45) is 4.41. The van der Waals surface area contributed by atoms with Crippen molar-refractivity contribution in [1.82, 2.24) is 10.3 Å². The van der Waals surface area contributed by atoms with E-state index in [2.05, 4.69) is 15.6 Å². The van der Waals surface area contributed by atoms with E-state index in [9.17, 15) is 4.79 Å². The quantitative estimate of drug-likeness (QED) is 0.915. The van der Waals surface area contributed by atoms with Gasteiger partial charge in [-0.25, -0.2) is 0 Å². The Morgan fingerprint density at radius 3 is 2.95 bits per heavy atom. The molecule has 1 aliphatic heterocycles. The van der Waals surface area contributed by atoms with E-state index in [1.165, 1.54) is 0 Å². The number of halogens is 1. The molecular weight excluding hydrogens is 286 g/mol. The summed E-state index contributed by atoms with van der Waals surface area (Å²) in [6.45, 7) is 2.01. The predicted molar refractivity (Wildman–Crippen MR) is 85.6 cm³/mol. The summed E-state index contributed by atoms with van der Waals surface area (Å²) in [6, 6.07) is 7.39. The third kappa shape index (κ3) is 3.34. The highest BCUT2D eigenvalue weighted by Crippen LogP contribution is 2.28. The van der Waals surface area contributed by atoms with Crippen LogP contribution in [0.1, 0.15) is 19.3 Å². The average molecular weight is 304 g/mol. The van der Waals surface area contributed by atoms with Gasteiger partial charge in [-0.05, 0) is 56.1 Å². The number of fused-ring (bicyclic) bond motifs is 1. The molecule has 1 saturated heterocycles. The minimum absolute atomic E-state index is 0.0642. The third-order valence-electron chi connectivity index (χ3n) is 3.93. The van der Waals surface area contributed by atoms with Crippen LogP contribution in [0.3, 0.4) is 0 Å². The fourth-order valence-corrected chi connectivity index (χ4v) is 3.01. The number of nitrogens with zero attached hydrogens (tertiary/aromatic N) is 1. The molecule has 3 rings (SSSR count). The zero-order valence-electron chi connectivity index (χ0n) is 11.7. The molecule has 2 aromatic rings. The van der Waals surface area contributed by atoms with Crippen molar-refractivity contribution in [2.75, 3.05) is 18.4 Å². The van der Waals surface area contributed by atoms with Crippen molar-refractivity contribution in [3.63, 3.8) is 0 Å². The summed E-state index contributed by atoms with van der Waals surface area (Å²) in [4.78, 5) is 16.5. The number of pyridine rings is 1. The number of amides is 1. The van der Waals surface area contributed by atoms with Crippen LogP contribution in [0.5, 0.6) is 0 Å². The van der Waals surface area contributed by atoms with Gasteiger partial charge >= 0.3 is 0 Å².